The number of unbranched alkanes of at least 4 members (excludes halogenated alkanes) is 28. The van der Waals surface area contributed by atoms with E-state index in [4.69, 9.17) is 0 Å². The number of aromatic nitrogens is 2. The maximum Gasteiger partial charge on any atom is 0.424 e. The van der Waals surface area contributed by atoms with Crippen LogP contribution in [0.25, 0.3) is 0 Å². The molecule has 0 aliphatic heterocycles. The van der Waals surface area contributed by atoms with Crippen LogP contribution in [-0.2, 0) is 5.79 Å². The minimum absolute atomic E-state index is 0. The summed E-state index contributed by atoms with van der Waals surface area (Å²) in [4.78, 5) is 0. The normalized spacial score (nSPS) is 11.3. The van der Waals surface area contributed by atoms with Gasteiger partial charge in [0.15, 0.2) is 24.8 Å². The molecule has 0 spiro atoms. The summed E-state index contributed by atoms with van der Waals surface area (Å²) < 4.78 is 4.84. The predicted molar refractivity (Wildman–Crippen MR) is 209 cm³/mol. The van der Waals surface area contributed by atoms with E-state index in [9.17, 15) is 0 Å². The topological polar surface area (TPSA) is 19.8 Å². The molecule has 0 saturated carbocycles. The molecule has 1 N–H and O–H groups in total. The largest absolute Gasteiger partial charge is 1.00 e. The van der Waals surface area contributed by atoms with Crippen molar-refractivity contribution in [3.8, 4) is 0 Å². The second-order valence-electron chi connectivity index (χ2n) is 15.0. The highest BCUT2D eigenvalue weighted by Crippen LogP contribution is 2.18. The Balaban J connectivity index is 0.0000120. The van der Waals surface area contributed by atoms with Gasteiger partial charge >= 0.3 is 5.79 Å². The molecule has 5 heteroatoms. The van der Waals surface area contributed by atoms with E-state index < -0.39 is 0 Å². The predicted octanol–water partition coefficient (Wildman–Crippen LogP) is 7.15. The molecule has 0 aromatic carbocycles. The number of nitrogens with zero attached hydrogens (tertiary/aromatic N) is 2. The smallest absolute Gasteiger partial charge is 0.424 e. The molecule has 2 heterocycles. The van der Waals surface area contributed by atoms with Gasteiger partial charge in [0, 0.05) is 30.8 Å². The molecule has 2 rings (SSSR count). The average molecular weight is 735 g/mol. The van der Waals surface area contributed by atoms with Gasteiger partial charge in [-0.3, -0.25) is 0 Å². The molecule has 0 saturated heterocycles. The van der Waals surface area contributed by atoms with E-state index >= 15 is 0 Å². The fraction of sp³-hybridized carbons (Fsp3) is 0.778. The second-order valence-corrected chi connectivity index (χ2v) is 15.0. The van der Waals surface area contributed by atoms with Crippen molar-refractivity contribution < 1.29 is 33.9 Å². The van der Waals surface area contributed by atoms with Gasteiger partial charge < -0.3 is 24.8 Å². The van der Waals surface area contributed by atoms with E-state index in [2.05, 4.69) is 89.5 Å². The Bertz CT molecular complexity index is 887. The lowest BCUT2D eigenvalue weighted by atomic mass is 10.0. The van der Waals surface area contributed by atoms with Crippen molar-refractivity contribution in [1.29, 1.82) is 0 Å². The van der Waals surface area contributed by atoms with Crippen molar-refractivity contribution in [2.24, 2.45) is 0 Å². The molecule has 0 unspecified atom stereocenters. The first-order chi connectivity index (χ1) is 23.8. The summed E-state index contributed by atoms with van der Waals surface area (Å²) in [5.74, 6) is -0.255. The van der Waals surface area contributed by atoms with Gasteiger partial charge in [0.2, 0.25) is 0 Å². The van der Waals surface area contributed by atoms with E-state index in [0.29, 0.717) is 0 Å². The van der Waals surface area contributed by atoms with E-state index in [1.54, 1.807) is 0 Å². The zero-order valence-electron chi connectivity index (χ0n) is 33.1. The molecule has 290 valence electrons. The molecule has 3 nitrogen and oxygen atoms in total. The Morgan fingerprint density at radius 1 is 0.340 bits per heavy atom. The van der Waals surface area contributed by atoms with Crippen LogP contribution in [0.15, 0.2) is 61.2 Å². The molecule has 0 radical (unpaired) electrons. The molecule has 0 aliphatic carbocycles. The molecule has 0 aliphatic rings. The first-order valence-corrected chi connectivity index (χ1v) is 21.5. The van der Waals surface area contributed by atoms with Crippen LogP contribution in [0, 0.1) is 0 Å². The van der Waals surface area contributed by atoms with Gasteiger partial charge in [0.05, 0.1) is 6.42 Å². The Labute approximate surface area is 324 Å². The van der Waals surface area contributed by atoms with E-state index in [1.807, 2.05) is 0 Å². The highest BCUT2D eigenvalue weighted by atomic mass is 35.5. The number of hydrogen-bond donors (Lipinski definition) is 1. The van der Waals surface area contributed by atoms with Crippen LogP contribution >= 0.6 is 0 Å². The summed E-state index contributed by atoms with van der Waals surface area (Å²) >= 11 is 0. The molecule has 0 amide bonds. The van der Waals surface area contributed by atoms with Crippen LogP contribution in [0.5, 0.6) is 0 Å². The summed E-state index contributed by atoms with van der Waals surface area (Å²) in [6.45, 7) is 5.67. The van der Waals surface area contributed by atoms with Crippen LogP contribution in [0.2, 0.25) is 0 Å². The van der Waals surface area contributed by atoms with Gasteiger partial charge in [0.1, 0.15) is 0 Å². The quantitative estimate of drug-likeness (QED) is 0.0590. The molecule has 2 aromatic rings. The van der Waals surface area contributed by atoms with Crippen molar-refractivity contribution in [2.75, 3.05) is 6.54 Å². The van der Waals surface area contributed by atoms with Gasteiger partial charge in [-0.2, -0.15) is 5.32 Å². The van der Waals surface area contributed by atoms with E-state index in [1.165, 1.54) is 193 Å². The maximum atomic E-state index is 4.09. The third-order valence-electron chi connectivity index (χ3n) is 10.6. The summed E-state index contributed by atoms with van der Waals surface area (Å²) in [5, 5.41) is 4.09. The first-order valence-electron chi connectivity index (χ1n) is 21.5. The lowest BCUT2D eigenvalue weighted by Crippen LogP contribution is -3.00. The first kappa shape index (κ1) is 48.8. The second kappa shape index (κ2) is 36.2. The van der Waals surface area contributed by atoms with Crippen molar-refractivity contribution in [3.05, 3.63) is 61.2 Å². The van der Waals surface area contributed by atoms with Gasteiger partial charge in [0.25, 0.3) is 0 Å². The average Bonchev–Trinajstić information content (AvgIpc) is 3.13. The van der Waals surface area contributed by atoms with Crippen molar-refractivity contribution in [3.63, 3.8) is 0 Å². The zero-order chi connectivity index (χ0) is 34.1. The summed E-state index contributed by atoms with van der Waals surface area (Å²) in [6, 6.07) is 13.0. The van der Waals surface area contributed by atoms with Gasteiger partial charge in [-0.1, -0.05) is 206 Å². The Hall–Kier alpha value is -1.16. The van der Waals surface area contributed by atoms with Crippen molar-refractivity contribution in [2.45, 2.75) is 219 Å². The van der Waals surface area contributed by atoms with Crippen molar-refractivity contribution in [1.82, 2.24) is 5.32 Å². The fourth-order valence-corrected chi connectivity index (χ4v) is 7.48. The minimum Gasteiger partial charge on any atom is -1.00 e. The third-order valence-corrected chi connectivity index (χ3v) is 10.6. The maximum absolute atomic E-state index is 4.09. The number of pyridine rings is 2. The highest BCUT2D eigenvalue weighted by molar-refractivity contribution is 4.87. The Kier molecular flexibility index (Phi) is 35.4. The monoisotopic (exact) mass is 734 g/mol. The van der Waals surface area contributed by atoms with Crippen LogP contribution in [0.3, 0.4) is 0 Å². The molecule has 0 atom stereocenters. The zero-order valence-corrected chi connectivity index (χ0v) is 34.6. The van der Waals surface area contributed by atoms with Gasteiger partial charge in [-0.25, -0.2) is 0 Å². The molecule has 50 heavy (non-hydrogen) atoms. The lowest BCUT2D eigenvalue weighted by Gasteiger charge is -2.24. The van der Waals surface area contributed by atoms with Crippen molar-refractivity contribution >= 4 is 0 Å². The number of nitrogens with one attached hydrogen (secondary N) is 1. The minimum atomic E-state index is -0.255. The molecular formula is C45H81Cl2N3. The molecular weight excluding hydrogens is 653 g/mol. The molecule has 2 aromatic heterocycles. The number of hydrogen-bond acceptors (Lipinski definition) is 1. The Morgan fingerprint density at radius 3 is 0.900 bits per heavy atom. The lowest BCUT2D eigenvalue weighted by molar-refractivity contribution is -1.00. The highest BCUT2D eigenvalue weighted by Gasteiger charge is 2.48. The summed E-state index contributed by atoms with van der Waals surface area (Å²) in [5.41, 5.74) is 0. The van der Waals surface area contributed by atoms with Crippen LogP contribution < -0.4 is 39.3 Å². The van der Waals surface area contributed by atoms with E-state index in [-0.39, 0.29) is 30.6 Å². The number of halogens is 2. The van der Waals surface area contributed by atoms with Crippen LogP contribution in [0.1, 0.15) is 213 Å². The van der Waals surface area contributed by atoms with E-state index in [0.717, 1.165) is 13.0 Å². The third kappa shape index (κ3) is 24.2. The fourth-order valence-electron chi connectivity index (χ4n) is 7.48. The standard InChI is InChI=1S/C45H81N3.2ClH/c1-3-5-7-9-11-13-15-17-19-20-22-24-26-28-30-34-40-46-45(47-41-35-31-36-42-47,48-43-37-32-38-44-48)39-33-29-27-25-23-21-18-16-14-12-10-8-6-4-2;;/h31-32,35-38,41-44,46H,3-30,33-34,39-40H2,1-2H3;2*1H/q+2;;/p-2. The molecule has 0 bridgehead atoms. The SMILES string of the molecule is CCCCCCCCCCCCCCCCCCNC(CCCCCCCCCCCCCCCC)([n+]1ccccc1)[n+]1ccccc1.[Cl-].[Cl-]. The van der Waals surface area contributed by atoms with Crippen LogP contribution in [-0.4, -0.2) is 6.54 Å². The van der Waals surface area contributed by atoms with Gasteiger partial charge in [-0.15, -0.1) is 9.13 Å². The van der Waals surface area contributed by atoms with Gasteiger partial charge in [-0.05, 0) is 12.8 Å². The Morgan fingerprint density at radius 2 is 0.600 bits per heavy atom. The van der Waals surface area contributed by atoms with Crippen LogP contribution in [0.4, 0.5) is 0 Å². The summed E-state index contributed by atoms with van der Waals surface area (Å²) in [6.07, 6.45) is 52.4. The summed E-state index contributed by atoms with van der Waals surface area (Å²) in [7, 11) is 0. The molecule has 0 fully saturated rings. The number of rotatable bonds is 35.